The van der Waals surface area contributed by atoms with Crippen LogP contribution in [0.4, 0.5) is 5.69 Å². The highest BCUT2D eigenvalue weighted by molar-refractivity contribution is 5.47. The molecule has 17 heavy (non-hydrogen) atoms. The highest BCUT2D eigenvalue weighted by Crippen LogP contribution is 2.41. The maximum atomic E-state index is 4.48. The Morgan fingerprint density at radius 3 is 2.59 bits per heavy atom. The minimum atomic E-state index is 0.308. The molecule has 1 aromatic rings. The fourth-order valence-corrected chi connectivity index (χ4v) is 3.42. The Bertz CT molecular complexity index is 436. The summed E-state index contributed by atoms with van der Waals surface area (Å²) in [7, 11) is 0. The van der Waals surface area contributed by atoms with Crippen LogP contribution in [-0.4, -0.2) is 30.2 Å². The number of para-hydroxylation sites is 1. The lowest BCUT2D eigenvalue weighted by Gasteiger charge is -2.47. The quantitative estimate of drug-likeness (QED) is 0.738. The molecule has 4 heteroatoms. The van der Waals surface area contributed by atoms with E-state index in [9.17, 15) is 0 Å². The van der Waals surface area contributed by atoms with Crippen LogP contribution in [0.2, 0.25) is 0 Å². The summed E-state index contributed by atoms with van der Waals surface area (Å²) in [4.78, 5) is 2.48. The van der Waals surface area contributed by atoms with E-state index in [-0.39, 0.29) is 0 Å². The van der Waals surface area contributed by atoms with Gasteiger partial charge in [0.15, 0.2) is 0 Å². The number of rotatable bonds is 1. The van der Waals surface area contributed by atoms with Crippen molar-refractivity contribution in [3.8, 4) is 0 Å². The highest BCUT2D eigenvalue weighted by atomic mass is 15.6. The molecule has 4 aliphatic heterocycles. The van der Waals surface area contributed by atoms with Gasteiger partial charge < -0.3 is 0 Å². The molecule has 0 amide bonds. The largest absolute Gasteiger partial charge is 0.278 e. The number of piperidine rings is 3. The molecule has 5 rings (SSSR count). The Kier molecular flexibility index (Phi) is 1.99. The zero-order valence-electron chi connectivity index (χ0n) is 9.74. The summed E-state index contributed by atoms with van der Waals surface area (Å²) in [5.41, 5.74) is 1.18. The first-order valence-corrected chi connectivity index (χ1v) is 6.42. The molecule has 4 heterocycles. The first-order valence-electron chi connectivity index (χ1n) is 6.42. The molecule has 0 aliphatic carbocycles. The van der Waals surface area contributed by atoms with Crippen LogP contribution in [0.15, 0.2) is 40.7 Å². The molecule has 4 nitrogen and oxygen atoms in total. The average molecular weight is 228 g/mol. The summed E-state index contributed by atoms with van der Waals surface area (Å²) in [5.74, 6) is 0.764. The van der Waals surface area contributed by atoms with Gasteiger partial charge in [-0.25, -0.2) is 5.01 Å². The summed E-state index contributed by atoms with van der Waals surface area (Å²) in [6.07, 6.45) is 2.91. The molecule has 0 N–H and O–H groups in total. The Morgan fingerprint density at radius 1 is 1.06 bits per heavy atom. The van der Waals surface area contributed by atoms with Gasteiger partial charge in [-0.15, -0.1) is 5.11 Å². The van der Waals surface area contributed by atoms with Gasteiger partial charge in [0, 0.05) is 13.1 Å². The first kappa shape index (κ1) is 9.59. The molecule has 2 unspecified atom stereocenters. The summed E-state index contributed by atoms with van der Waals surface area (Å²) in [6.45, 7) is 2.40. The zero-order chi connectivity index (χ0) is 11.2. The maximum Gasteiger partial charge on any atom is 0.148 e. The molecular formula is C13H16N4. The van der Waals surface area contributed by atoms with Crippen molar-refractivity contribution in [2.24, 2.45) is 16.3 Å². The van der Waals surface area contributed by atoms with Gasteiger partial charge in [0.25, 0.3) is 0 Å². The van der Waals surface area contributed by atoms with Crippen LogP contribution in [0.3, 0.4) is 0 Å². The Balaban J connectivity index is 1.69. The van der Waals surface area contributed by atoms with Crippen LogP contribution in [0.25, 0.3) is 0 Å². The summed E-state index contributed by atoms with van der Waals surface area (Å²) >= 11 is 0. The third kappa shape index (κ3) is 1.33. The molecule has 3 saturated heterocycles. The molecule has 3 fully saturated rings. The molecule has 2 atom stereocenters. The average Bonchev–Trinajstić information content (AvgIpc) is 2.88. The van der Waals surface area contributed by atoms with E-state index in [1.165, 1.54) is 31.6 Å². The van der Waals surface area contributed by atoms with E-state index in [2.05, 4.69) is 44.5 Å². The summed E-state index contributed by atoms with van der Waals surface area (Å²) < 4.78 is 0. The predicted molar refractivity (Wildman–Crippen MR) is 65.7 cm³/mol. The van der Waals surface area contributed by atoms with Crippen LogP contribution in [0, 0.1) is 5.92 Å². The zero-order valence-corrected chi connectivity index (χ0v) is 9.74. The minimum Gasteiger partial charge on any atom is -0.278 e. The normalized spacial score (nSPS) is 38.5. The van der Waals surface area contributed by atoms with Crippen LogP contribution >= 0.6 is 0 Å². The van der Waals surface area contributed by atoms with E-state index in [1.807, 2.05) is 6.07 Å². The van der Waals surface area contributed by atoms with Gasteiger partial charge in [-0.05, 0) is 30.9 Å². The Morgan fingerprint density at radius 2 is 1.82 bits per heavy atom. The smallest absolute Gasteiger partial charge is 0.148 e. The number of anilines is 1. The molecular weight excluding hydrogens is 212 g/mol. The fourth-order valence-electron chi connectivity index (χ4n) is 3.42. The second kappa shape index (κ2) is 3.53. The van der Waals surface area contributed by atoms with Crippen molar-refractivity contribution >= 4 is 5.69 Å². The molecule has 0 aromatic heterocycles. The fraction of sp³-hybridized carbons (Fsp3) is 0.538. The lowest BCUT2D eigenvalue weighted by Crippen LogP contribution is -2.59. The van der Waals surface area contributed by atoms with Gasteiger partial charge in [0.2, 0.25) is 0 Å². The number of nitrogens with zero attached hydrogens (tertiary/aromatic N) is 4. The van der Waals surface area contributed by atoms with E-state index in [1.54, 1.807) is 0 Å². The van der Waals surface area contributed by atoms with Crippen molar-refractivity contribution in [2.45, 2.75) is 25.0 Å². The molecule has 2 bridgehead atoms. The van der Waals surface area contributed by atoms with Crippen molar-refractivity contribution in [1.29, 1.82) is 0 Å². The number of hydrogen-bond donors (Lipinski definition) is 0. The van der Waals surface area contributed by atoms with Gasteiger partial charge in [0.05, 0.1) is 11.7 Å². The monoisotopic (exact) mass is 228 g/mol. The van der Waals surface area contributed by atoms with Crippen molar-refractivity contribution < 1.29 is 0 Å². The highest BCUT2D eigenvalue weighted by Gasteiger charge is 2.48. The van der Waals surface area contributed by atoms with Crippen LogP contribution < -0.4 is 5.01 Å². The molecule has 0 saturated carbocycles. The van der Waals surface area contributed by atoms with E-state index in [0.717, 1.165) is 5.92 Å². The maximum absolute atomic E-state index is 4.48. The number of hydrogen-bond acceptors (Lipinski definition) is 4. The van der Waals surface area contributed by atoms with Gasteiger partial charge in [0.1, 0.15) is 6.17 Å². The van der Waals surface area contributed by atoms with E-state index >= 15 is 0 Å². The lowest BCUT2D eigenvalue weighted by molar-refractivity contribution is 0.0412. The van der Waals surface area contributed by atoms with E-state index in [4.69, 9.17) is 0 Å². The van der Waals surface area contributed by atoms with Crippen LogP contribution in [-0.2, 0) is 0 Å². The summed E-state index contributed by atoms with van der Waals surface area (Å²) in [5, 5.41) is 11.0. The van der Waals surface area contributed by atoms with E-state index < -0.39 is 0 Å². The predicted octanol–water partition coefficient (Wildman–Crippen LogP) is 2.29. The number of benzene rings is 1. The Hall–Kier alpha value is -1.42. The topological polar surface area (TPSA) is 31.2 Å². The van der Waals surface area contributed by atoms with Gasteiger partial charge in [-0.2, -0.15) is 0 Å². The van der Waals surface area contributed by atoms with Crippen molar-refractivity contribution in [3.05, 3.63) is 30.3 Å². The lowest BCUT2D eigenvalue weighted by atomic mass is 9.81. The SMILES string of the molecule is c1ccc(N2N=NC3C2C2CCN3CC2)cc1. The van der Waals surface area contributed by atoms with Crippen LogP contribution in [0.1, 0.15) is 12.8 Å². The molecule has 1 aromatic carbocycles. The first-order chi connectivity index (χ1) is 8.43. The van der Waals surface area contributed by atoms with Gasteiger partial charge in [-0.1, -0.05) is 23.4 Å². The number of fused-ring (bicyclic) bond motifs is 2. The molecule has 4 aliphatic rings. The van der Waals surface area contributed by atoms with Crippen molar-refractivity contribution in [3.63, 3.8) is 0 Å². The third-order valence-corrected chi connectivity index (χ3v) is 4.31. The minimum absolute atomic E-state index is 0.308. The Labute approximate surface area is 101 Å². The third-order valence-electron chi connectivity index (χ3n) is 4.31. The van der Waals surface area contributed by atoms with Gasteiger partial charge in [-0.3, -0.25) is 4.90 Å². The summed E-state index contributed by atoms with van der Waals surface area (Å²) in [6, 6.07) is 10.9. The van der Waals surface area contributed by atoms with Gasteiger partial charge >= 0.3 is 0 Å². The van der Waals surface area contributed by atoms with E-state index in [0.29, 0.717) is 12.2 Å². The second-order valence-corrected chi connectivity index (χ2v) is 5.16. The molecule has 0 radical (unpaired) electrons. The standard InChI is InChI=1S/C13H16N4/c1-2-4-11(5-3-1)17-12-10-6-8-16(9-7-10)13(12)14-15-17/h1-5,10,12-13H,6-9H2. The molecule has 88 valence electrons. The molecule has 0 spiro atoms. The van der Waals surface area contributed by atoms with Crippen molar-refractivity contribution in [2.75, 3.05) is 18.1 Å². The van der Waals surface area contributed by atoms with Crippen LogP contribution in [0.5, 0.6) is 0 Å². The van der Waals surface area contributed by atoms with Crippen molar-refractivity contribution in [1.82, 2.24) is 4.90 Å². The second-order valence-electron chi connectivity index (χ2n) is 5.16.